The topological polar surface area (TPSA) is 68.9 Å². The molecule has 138 valence electrons. The number of anilines is 1. The summed E-state index contributed by atoms with van der Waals surface area (Å²) >= 11 is 11.9. The van der Waals surface area contributed by atoms with E-state index in [0.717, 1.165) is 24.7 Å². The number of carbonyl (C=O) groups excluding carboxylic acids is 1. The summed E-state index contributed by atoms with van der Waals surface area (Å²) in [6.07, 6.45) is 5.99. The number of allylic oxidation sites excluding steroid dienone is 1. The number of nitrogen functional groups attached to an aromatic ring is 1. The molecule has 0 aliphatic heterocycles. The van der Waals surface area contributed by atoms with Gasteiger partial charge in [-0.25, -0.2) is 14.4 Å². The molecule has 1 heterocycles. The number of aldehydes is 1. The summed E-state index contributed by atoms with van der Waals surface area (Å²) < 4.78 is 13.8. The van der Waals surface area contributed by atoms with Crippen LogP contribution in [-0.2, 0) is 4.79 Å². The van der Waals surface area contributed by atoms with Gasteiger partial charge in [0.15, 0.2) is 0 Å². The number of nitrogens with zero attached hydrogens (tertiary/aromatic N) is 2. The van der Waals surface area contributed by atoms with E-state index in [0.29, 0.717) is 21.0 Å². The highest BCUT2D eigenvalue weighted by Gasteiger charge is 2.38. The van der Waals surface area contributed by atoms with Crippen molar-refractivity contribution in [3.63, 3.8) is 0 Å². The van der Waals surface area contributed by atoms with E-state index in [1.807, 2.05) is 0 Å². The lowest BCUT2D eigenvalue weighted by molar-refractivity contribution is -0.110. The zero-order chi connectivity index (χ0) is 19.6. The fraction of sp³-hybridized carbons (Fsp3) is 0.150. The highest BCUT2D eigenvalue weighted by Crippen LogP contribution is 2.44. The fourth-order valence-electron chi connectivity index (χ4n) is 2.58. The maximum atomic E-state index is 13.8. The number of nitrogens with two attached hydrogens (primary N) is 1. The summed E-state index contributed by atoms with van der Waals surface area (Å²) in [5, 5.41) is 1.33. The van der Waals surface area contributed by atoms with Gasteiger partial charge in [0.05, 0.1) is 15.4 Å². The van der Waals surface area contributed by atoms with E-state index in [2.05, 4.69) is 16.5 Å². The molecule has 0 radical (unpaired) electrons. The fourth-order valence-corrected chi connectivity index (χ4v) is 2.88. The van der Waals surface area contributed by atoms with Gasteiger partial charge in [-0.1, -0.05) is 41.4 Å². The van der Waals surface area contributed by atoms with Crippen molar-refractivity contribution in [3.8, 4) is 11.1 Å². The summed E-state index contributed by atoms with van der Waals surface area (Å²) in [5.41, 5.74) is 7.43. The molecule has 27 heavy (non-hydrogen) atoms. The molecule has 4 nitrogen and oxygen atoms in total. The molecule has 3 aromatic rings. The second kappa shape index (κ2) is 7.62. The molecule has 0 amide bonds. The smallest absolute Gasteiger partial charge is 0.149 e. The van der Waals surface area contributed by atoms with Gasteiger partial charge in [-0.15, -0.1) is 6.58 Å². The Kier molecular flexibility index (Phi) is 5.44. The van der Waals surface area contributed by atoms with Crippen LogP contribution in [-0.4, -0.2) is 16.3 Å². The summed E-state index contributed by atoms with van der Waals surface area (Å²) in [6.45, 7) is 3.53. The number of rotatable bonds is 3. The first kappa shape index (κ1) is 19.3. The molecular weight excluding hydrogens is 388 g/mol. The Morgan fingerprint density at radius 1 is 1.15 bits per heavy atom. The van der Waals surface area contributed by atoms with Crippen LogP contribution in [0.3, 0.4) is 0 Å². The second-order valence-corrected chi connectivity index (χ2v) is 7.08. The Hall–Kier alpha value is -2.50. The summed E-state index contributed by atoms with van der Waals surface area (Å²) in [5.74, 6) is -0.228. The number of aromatic nitrogens is 2. The first-order valence-corrected chi connectivity index (χ1v) is 8.90. The Morgan fingerprint density at radius 2 is 1.89 bits per heavy atom. The van der Waals surface area contributed by atoms with E-state index in [9.17, 15) is 9.18 Å². The van der Waals surface area contributed by atoms with Crippen LogP contribution in [0.1, 0.15) is 12.8 Å². The van der Waals surface area contributed by atoms with Crippen LogP contribution in [0, 0.1) is 11.2 Å². The third-order valence-corrected chi connectivity index (χ3v) is 5.21. The zero-order valence-corrected chi connectivity index (χ0v) is 15.8. The van der Waals surface area contributed by atoms with Gasteiger partial charge >= 0.3 is 0 Å². The molecule has 0 bridgehead atoms. The van der Waals surface area contributed by atoms with E-state index < -0.39 is 5.82 Å². The number of hydrogen-bond acceptors (Lipinski definition) is 4. The molecule has 2 N–H and O–H groups in total. The molecule has 1 aliphatic carbocycles. The van der Waals surface area contributed by atoms with Gasteiger partial charge in [0.2, 0.25) is 0 Å². The Labute approximate surface area is 165 Å². The largest absolute Gasteiger partial charge is 0.383 e. The van der Waals surface area contributed by atoms with Gasteiger partial charge in [0, 0.05) is 5.41 Å². The Morgan fingerprint density at radius 3 is 2.44 bits per heavy atom. The molecule has 0 saturated heterocycles. The average molecular weight is 404 g/mol. The normalized spacial score (nSPS) is 14.2. The number of halogens is 3. The van der Waals surface area contributed by atoms with Crippen LogP contribution in [0.4, 0.5) is 10.2 Å². The van der Waals surface area contributed by atoms with Crippen LogP contribution in [0.5, 0.6) is 0 Å². The van der Waals surface area contributed by atoms with E-state index in [1.54, 1.807) is 30.3 Å². The third kappa shape index (κ3) is 3.94. The lowest BCUT2D eigenvalue weighted by Gasteiger charge is -2.09. The van der Waals surface area contributed by atoms with E-state index in [-0.39, 0.29) is 16.7 Å². The quantitative estimate of drug-likeness (QED) is 0.464. The van der Waals surface area contributed by atoms with E-state index in [4.69, 9.17) is 28.9 Å². The van der Waals surface area contributed by atoms with Crippen molar-refractivity contribution >= 4 is 46.2 Å². The van der Waals surface area contributed by atoms with Gasteiger partial charge in [0.1, 0.15) is 29.8 Å². The highest BCUT2D eigenvalue weighted by molar-refractivity contribution is 6.42. The van der Waals surface area contributed by atoms with Gasteiger partial charge in [0.25, 0.3) is 0 Å². The SMILES string of the molecule is C=CC1(C=O)CC1.Nc1ncnc2c(F)ccc(-c3ccc(Cl)c(Cl)c3)c12. The maximum Gasteiger partial charge on any atom is 0.149 e. The lowest BCUT2D eigenvalue weighted by Crippen LogP contribution is -1.97. The lowest BCUT2D eigenvalue weighted by atomic mass is 10.0. The van der Waals surface area contributed by atoms with Gasteiger partial charge in [-0.3, -0.25) is 0 Å². The number of benzene rings is 2. The Balaban J connectivity index is 0.000000253. The van der Waals surface area contributed by atoms with Crippen LogP contribution in [0.15, 0.2) is 49.3 Å². The molecule has 0 atom stereocenters. The molecule has 0 spiro atoms. The molecule has 2 aromatic carbocycles. The predicted molar refractivity (Wildman–Crippen MR) is 107 cm³/mol. The first-order chi connectivity index (χ1) is 12.9. The monoisotopic (exact) mass is 403 g/mol. The first-order valence-electron chi connectivity index (χ1n) is 8.15. The molecular formula is C20H16Cl2FN3O. The molecule has 4 rings (SSSR count). The zero-order valence-electron chi connectivity index (χ0n) is 14.3. The van der Waals surface area contributed by atoms with Crippen LogP contribution in [0.25, 0.3) is 22.0 Å². The molecule has 1 saturated carbocycles. The summed E-state index contributed by atoms with van der Waals surface area (Å²) in [4.78, 5) is 17.9. The second-order valence-electron chi connectivity index (χ2n) is 6.26. The average Bonchev–Trinajstić information content (AvgIpc) is 3.46. The van der Waals surface area contributed by atoms with Crippen molar-refractivity contribution in [2.45, 2.75) is 12.8 Å². The Bertz CT molecular complexity index is 1030. The van der Waals surface area contributed by atoms with Gasteiger partial charge in [-0.05, 0) is 42.2 Å². The summed E-state index contributed by atoms with van der Waals surface area (Å²) in [6, 6.07) is 8.12. The van der Waals surface area contributed by atoms with Crippen LogP contribution < -0.4 is 5.73 Å². The highest BCUT2D eigenvalue weighted by atomic mass is 35.5. The maximum absolute atomic E-state index is 13.8. The molecule has 1 aromatic heterocycles. The van der Waals surface area contributed by atoms with Crippen molar-refractivity contribution in [1.82, 2.24) is 9.97 Å². The van der Waals surface area contributed by atoms with E-state index >= 15 is 0 Å². The predicted octanol–water partition coefficient (Wildman–Crippen LogP) is 5.48. The van der Waals surface area contributed by atoms with Crippen molar-refractivity contribution in [1.29, 1.82) is 0 Å². The molecule has 1 fully saturated rings. The van der Waals surface area contributed by atoms with Crippen molar-refractivity contribution < 1.29 is 9.18 Å². The van der Waals surface area contributed by atoms with E-state index in [1.165, 1.54) is 12.4 Å². The van der Waals surface area contributed by atoms with Crippen LogP contribution in [0.2, 0.25) is 10.0 Å². The number of fused-ring (bicyclic) bond motifs is 1. The minimum Gasteiger partial charge on any atom is -0.383 e. The van der Waals surface area contributed by atoms with Crippen LogP contribution >= 0.6 is 23.2 Å². The summed E-state index contributed by atoms with van der Waals surface area (Å²) in [7, 11) is 0. The standard InChI is InChI=1S/C14H8Cl2FN3.C6H8O/c15-9-3-1-7(5-10(9)16)8-2-4-11(17)13-12(8)14(18)20-6-19-13;1-2-6(5-7)3-4-6/h1-6H,(H2,18,19,20);2,5H,1,3-4H2. The van der Waals surface area contributed by atoms with Crippen molar-refractivity contribution in [2.75, 3.05) is 5.73 Å². The minimum atomic E-state index is -0.446. The van der Waals surface area contributed by atoms with Crippen molar-refractivity contribution in [2.24, 2.45) is 5.41 Å². The minimum absolute atomic E-state index is 0.0833. The number of hydrogen-bond donors (Lipinski definition) is 1. The molecule has 1 aliphatic rings. The number of carbonyl (C=O) groups is 1. The van der Waals surface area contributed by atoms with Gasteiger partial charge < -0.3 is 10.5 Å². The molecule has 7 heteroatoms. The van der Waals surface area contributed by atoms with Crippen molar-refractivity contribution in [3.05, 3.63) is 65.2 Å². The third-order valence-electron chi connectivity index (χ3n) is 4.47. The van der Waals surface area contributed by atoms with Gasteiger partial charge in [-0.2, -0.15) is 0 Å². The molecule has 0 unspecified atom stereocenters.